The van der Waals surface area contributed by atoms with E-state index in [1.165, 1.54) is 0 Å². The van der Waals surface area contributed by atoms with E-state index in [9.17, 15) is 4.79 Å². The molecule has 0 fully saturated rings. The van der Waals surface area contributed by atoms with Crippen LogP contribution in [0.4, 0.5) is 0 Å². The molecule has 0 amide bonds. The molecule has 0 aliphatic carbocycles. The van der Waals surface area contributed by atoms with E-state index < -0.39 is 5.97 Å². The summed E-state index contributed by atoms with van der Waals surface area (Å²) >= 11 is 0. The van der Waals surface area contributed by atoms with E-state index in [0.29, 0.717) is 6.42 Å². The van der Waals surface area contributed by atoms with Crippen molar-refractivity contribution in [2.75, 3.05) is 0 Å². The highest BCUT2D eigenvalue weighted by Crippen LogP contribution is 2.17. The predicted molar refractivity (Wildman–Crippen MR) is 45.4 cm³/mol. The van der Waals surface area contributed by atoms with E-state index in [4.69, 9.17) is 5.11 Å². The molecule has 1 unspecified atom stereocenters. The molecule has 2 nitrogen and oxygen atoms in total. The molecule has 62 valence electrons. The molecule has 0 aromatic carbocycles. The Hall–Kier alpha value is -1.05. The van der Waals surface area contributed by atoms with E-state index in [1.54, 1.807) is 6.08 Å². The largest absolute Gasteiger partial charge is 0.478 e. The molecule has 1 N–H and O–H groups in total. The Morgan fingerprint density at radius 2 is 2.27 bits per heavy atom. The molecule has 0 spiro atoms. The van der Waals surface area contributed by atoms with Crippen LogP contribution in [0.2, 0.25) is 0 Å². The van der Waals surface area contributed by atoms with Crippen LogP contribution < -0.4 is 0 Å². The first kappa shape index (κ1) is 9.95. The maximum Gasteiger partial charge on any atom is 0.331 e. The topological polar surface area (TPSA) is 37.3 Å². The summed E-state index contributed by atoms with van der Waals surface area (Å²) < 4.78 is 0. The summed E-state index contributed by atoms with van der Waals surface area (Å²) in [6, 6.07) is 0. The zero-order valence-corrected chi connectivity index (χ0v) is 6.84. The van der Waals surface area contributed by atoms with Crippen molar-refractivity contribution in [2.45, 2.75) is 19.8 Å². The number of hydrogen-bond donors (Lipinski definition) is 1. The third-order valence-corrected chi connectivity index (χ3v) is 1.71. The molecule has 0 bridgehead atoms. The summed E-state index contributed by atoms with van der Waals surface area (Å²) in [4.78, 5) is 10.4. The van der Waals surface area contributed by atoms with Crippen molar-refractivity contribution in [3.8, 4) is 0 Å². The average molecular weight is 154 g/mol. The Bertz CT molecular complexity index is 170. The Balaban J connectivity index is 4.13. The average Bonchev–Trinajstić information content (AvgIpc) is 1.98. The SMILES string of the molecule is C=CCC(CC)C(=C)C(=O)O. The van der Waals surface area contributed by atoms with E-state index in [0.717, 1.165) is 6.42 Å². The summed E-state index contributed by atoms with van der Waals surface area (Å²) in [7, 11) is 0. The van der Waals surface area contributed by atoms with Gasteiger partial charge in [0.1, 0.15) is 0 Å². The Morgan fingerprint density at radius 1 is 1.73 bits per heavy atom. The lowest BCUT2D eigenvalue weighted by Crippen LogP contribution is -2.09. The van der Waals surface area contributed by atoms with Gasteiger partial charge in [0.2, 0.25) is 0 Å². The number of aliphatic carboxylic acids is 1. The third kappa shape index (κ3) is 3.03. The van der Waals surface area contributed by atoms with Gasteiger partial charge in [0.15, 0.2) is 0 Å². The first-order chi connectivity index (χ1) is 5.13. The molecule has 0 aromatic heterocycles. The van der Waals surface area contributed by atoms with Gasteiger partial charge in [0.05, 0.1) is 0 Å². The molecule has 0 aliphatic heterocycles. The number of rotatable bonds is 5. The van der Waals surface area contributed by atoms with Crippen LogP contribution in [0.25, 0.3) is 0 Å². The molecule has 1 atom stereocenters. The van der Waals surface area contributed by atoms with Gasteiger partial charge in [-0.2, -0.15) is 0 Å². The van der Waals surface area contributed by atoms with Gasteiger partial charge in [-0.1, -0.05) is 19.6 Å². The maximum atomic E-state index is 10.4. The lowest BCUT2D eigenvalue weighted by Gasteiger charge is -2.11. The highest BCUT2D eigenvalue weighted by molar-refractivity contribution is 5.86. The van der Waals surface area contributed by atoms with Gasteiger partial charge in [-0.15, -0.1) is 6.58 Å². The number of hydrogen-bond acceptors (Lipinski definition) is 1. The van der Waals surface area contributed by atoms with Gasteiger partial charge in [-0.3, -0.25) is 0 Å². The summed E-state index contributed by atoms with van der Waals surface area (Å²) in [6.07, 6.45) is 3.22. The van der Waals surface area contributed by atoms with Crippen molar-refractivity contribution >= 4 is 5.97 Å². The molecule has 0 rings (SSSR count). The summed E-state index contributed by atoms with van der Waals surface area (Å²) in [5, 5.41) is 8.58. The van der Waals surface area contributed by atoms with Crippen molar-refractivity contribution in [2.24, 2.45) is 5.92 Å². The highest BCUT2D eigenvalue weighted by Gasteiger charge is 2.14. The van der Waals surface area contributed by atoms with E-state index >= 15 is 0 Å². The van der Waals surface area contributed by atoms with Gasteiger partial charge in [-0.25, -0.2) is 4.79 Å². The molecular formula is C9H14O2. The molecular weight excluding hydrogens is 140 g/mol. The van der Waals surface area contributed by atoms with Crippen molar-refractivity contribution < 1.29 is 9.90 Å². The minimum absolute atomic E-state index is 0.0463. The van der Waals surface area contributed by atoms with Crippen molar-refractivity contribution in [1.82, 2.24) is 0 Å². The second-order valence-corrected chi connectivity index (χ2v) is 2.46. The molecule has 0 radical (unpaired) electrons. The molecule has 0 saturated carbocycles. The van der Waals surface area contributed by atoms with E-state index in [1.807, 2.05) is 6.92 Å². The van der Waals surface area contributed by atoms with Gasteiger partial charge in [0, 0.05) is 5.57 Å². The van der Waals surface area contributed by atoms with Crippen molar-refractivity contribution in [3.05, 3.63) is 24.8 Å². The fourth-order valence-corrected chi connectivity index (χ4v) is 0.931. The lowest BCUT2D eigenvalue weighted by atomic mass is 9.94. The second-order valence-electron chi connectivity index (χ2n) is 2.46. The van der Waals surface area contributed by atoms with Crippen LogP contribution >= 0.6 is 0 Å². The first-order valence-corrected chi connectivity index (χ1v) is 3.66. The zero-order valence-electron chi connectivity index (χ0n) is 6.84. The second kappa shape index (κ2) is 4.72. The van der Waals surface area contributed by atoms with E-state index in [-0.39, 0.29) is 11.5 Å². The van der Waals surface area contributed by atoms with Crippen LogP contribution in [0, 0.1) is 5.92 Å². The fourth-order valence-electron chi connectivity index (χ4n) is 0.931. The number of carbonyl (C=O) groups is 1. The molecule has 0 aromatic rings. The summed E-state index contributed by atoms with van der Waals surface area (Å²) in [5.74, 6) is -0.858. The molecule has 11 heavy (non-hydrogen) atoms. The summed E-state index contributed by atoms with van der Waals surface area (Å²) in [6.45, 7) is 9.00. The molecule has 0 saturated heterocycles. The van der Waals surface area contributed by atoms with Gasteiger partial charge in [-0.05, 0) is 18.8 Å². The Labute approximate surface area is 67.2 Å². The minimum Gasteiger partial charge on any atom is -0.478 e. The van der Waals surface area contributed by atoms with Crippen LogP contribution in [-0.2, 0) is 4.79 Å². The number of carboxylic acids is 1. The van der Waals surface area contributed by atoms with Crippen LogP contribution in [0.1, 0.15) is 19.8 Å². The standard InChI is InChI=1S/C9H14O2/c1-4-6-8(5-2)7(3)9(10)11/h4,8H,1,3,5-6H2,2H3,(H,10,11). The first-order valence-electron chi connectivity index (χ1n) is 3.66. The smallest absolute Gasteiger partial charge is 0.331 e. The van der Waals surface area contributed by atoms with Crippen LogP contribution in [0.5, 0.6) is 0 Å². The number of allylic oxidation sites excluding steroid dienone is 1. The zero-order chi connectivity index (χ0) is 8.85. The monoisotopic (exact) mass is 154 g/mol. The van der Waals surface area contributed by atoms with Crippen LogP contribution in [-0.4, -0.2) is 11.1 Å². The quantitative estimate of drug-likeness (QED) is 0.487. The summed E-state index contributed by atoms with van der Waals surface area (Å²) in [5.41, 5.74) is 0.285. The highest BCUT2D eigenvalue weighted by atomic mass is 16.4. The van der Waals surface area contributed by atoms with Gasteiger partial charge >= 0.3 is 5.97 Å². The maximum absolute atomic E-state index is 10.4. The minimum atomic E-state index is -0.904. The fraction of sp³-hybridized carbons (Fsp3) is 0.444. The van der Waals surface area contributed by atoms with E-state index in [2.05, 4.69) is 13.2 Å². The Morgan fingerprint density at radius 3 is 2.55 bits per heavy atom. The third-order valence-electron chi connectivity index (χ3n) is 1.71. The molecule has 2 heteroatoms. The van der Waals surface area contributed by atoms with Crippen LogP contribution in [0.3, 0.4) is 0 Å². The van der Waals surface area contributed by atoms with Crippen molar-refractivity contribution in [3.63, 3.8) is 0 Å². The molecule has 0 heterocycles. The number of carboxylic acid groups (broad SMARTS) is 1. The lowest BCUT2D eigenvalue weighted by molar-refractivity contribution is -0.133. The van der Waals surface area contributed by atoms with Crippen molar-refractivity contribution in [1.29, 1.82) is 0 Å². The van der Waals surface area contributed by atoms with Gasteiger partial charge < -0.3 is 5.11 Å². The Kier molecular flexibility index (Phi) is 4.27. The van der Waals surface area contributed by atoms with Crippen LogP contribution in [0.15, 0.2) is 24.8 Å². The molecule has 0 aliphatic rings. The van der Waals surface area contributed by atoms with Gasteiger partial charge in [0.25, 0.3) is 0 Å². The predicted octanol–water partition coefficient (Wildman–Crippen LogP) is 2.23. The normalized spacial score (nSPS) is 12.1.